The number of anilines is 2. The Balaban J connectivity index is 2.03. The summed E-state index contributed by atoms with van der Waals surface area (Å²) in [4.78, 5) is 19.8. The summed E-state index contributed by atoms with van der Waals surface area (Å²) in [7, 11) is 0. The van der Waals surface area contributed by atoms with Gasteiger partial charge < -0.3 is 15.4 Å². The normalized spacial score (nSPS) is 15.1. The molecule has 0 aliphatic carbocycles. The summed E-state index contributed by atoms with van der Waals surface area (Å²) in [5.41, 5.74) is 9.16. The average Bonchev–Trinajstić information content (AvgIpc) is 2.55. The Hall–Kier alpha value is -1.55. The highest BCUT2D eigenvalue weighted by Crippen LogP contribution is 2.24. The van der Waals surface area contributed by atoms with E-state index < -0.39 is 0 Å². The van der Waals surface area contributed by atoms with Crippen LogP contribution in [-0.4, -0.2) is 46.2 Å². The summed E-state index contributed by atoms with van der Waals surface area (Å²) in [6, 6.07) is 1.98. The van der Waals surface area contributed by atoms with Crippen LogP contribution >= 0.6 is 22.6 Å². The van der Waals surface area contributed by atoms with Crippen LogP contribution in [0.2, 0.25) is 0 Å². The van der Waals surface area contributed by atoms with Gasteiger partial charge in [-0.05, 0) is 13.0 Å². The minimum Gasteiger partial charge on any atom is -0.378 e. The number of nitrogens with two attached hydrogens (primary N) is 1. The summed E-state index contributed by atoms with van der Waals surface area (Å²) in [5.74, 6) is 1.02. The molecule has 8 heteroatoms. The van der Waals surface area contributed by atoms with Crippen molar-refractivity contribution < 1.29 is 4.74 Å². The number of morpholine rings is 1. The van der Waals surface area contributed by atoms with Crippen molar-refractivity contribution in [3.8, 4) is 11.3 Å². The molecule has 0 amide bonds. The zero-order chi connectivity index (χ0) is 15.5. The Morgan fingerprint density at radius 1 is 1.27 bits per heavy atom. The summed E-state index contributed by atoms with van der Waals surface area (Å²) in [5, 5.41) is 0. The van der Waals surface area contributed by atoms with Gasteiger partial charge in [0, 0.05) is 29.3 Å². The van der Waals surface area contributed by atoms with E-state index in [4.69, 9.17) is 15.5 Å². The average molecular weight is 412 g/mol. The smallest absolute Gasteiger partial charge is 0.226 e. The van der Waals surface area contributed by atoms with Crippen LogP contribution in [0.15, 0.2) is 12.3 Å². The second kappa shape index (κ2) is 6.69. The van der Waals surface area contributed by atoms with Crippen molar-refractivity contribution in [3.63, 3.8) is 0 Å². The van der Waals surface area contributed by atoms with E-state index in [1.807, 2.05) is 13.0 Å². The molecule has 2 aromatic heterocycles. The number of nitrogen functional groups attached to an aromatic ring is 1. The van der Waals surface area contributed by atoms with Crippen LogP contribution in [0.25, 0.3) is 11.3 Å². The molecule has 1 aliphatic rings. The zero-order valence-electron chi connectivity index (χ0n) is 12.3. The molecule has 0 saturated carbocycles. The number of aromatic nitrogens is 4. The lowest BCUT2D eigenvalue weighted by Gasteiger charge is -2.27. The highest BCUT2D eigenvalue weighted by molar-refractivity contribution is 14.1. The predicted molar refractivity (Wildman–Crippen MR) is 93.0 cm³/mol. The molecule has 0 unspecified atom stereocenters. The standard InChI is InChI=1S/C14H17IN6O/c1-9-11(8-17-13(16)18-9)12-6-10(7-15)19-14(20-12)21-2-4-22-5-3-21/h6,8H,2-5,7H2,1H3,(H2,16,17,18). The van der Waals surface area contributed by atoms with Crippen molar-refractivity contribution in [1.82, 2.24) is 19.9 Å². The molecule has 0 aromatic carbocycles. The van der Waals surface area contributed by atoms with Gasteiger partial charge in [-0.25, -0.2) is 19.9 Å². The quantitative estimate of drug-likeness (QED) is 0.605. The first-order valence-electron chi connectivity index (χ1n) is 7.03. The highest BCUT2D eigenvalue weighted by atomic mass is 127. The summed E-state index contributed by atoms with van der Waals surface area (Å²) < 4.78 is 6.21. The topological polar surface area (TPSA) is 90.0 Å². The molecule has 0 atom stereocenters. The van der Waals surface area contributed by atoms with Crippen molar-refractivity contribution in [1.29, 1.82) is 0 Å². The lowest BCUT2D eigenvalue weighted by Crippen LogP contribution is -2.37. The molecule has 3 rings (SSSR count). The minimum absolute atomic E-state index is 0.276. The van der Waals surface area contributed by atoms with Gasteiger partial charge in [0.25, 0.3) is 0 Å². The number of hydrogen-bond donors (Lipinski definition) is 1. The van der Waals surface area contributed by atoms with Gasteiger partial charge in [0.1, 0.15) is 0 Å². The number of halogens is 1. The van der Waals surface area contributed by atoms with Gasteiger partial charge >= 0.3 is 0 Å². The Labute approximate surface area is 142 Å². The third kappa shape index (κ3) is 3.27. The van der Waals surface area contributed by atoms with Gasteiger partial charge in [-0.2, -0.15) is 0 Å². The predicted octanol–water partition coefficient (Wildman–Crippen LogP) is 1.60. The van der Waals surface area contributed by atoms with E-state index in [1.54, 1.807) is 6.20 Å². The lowest BCUT2D eigenvalue weighted by molar-refractivity contribution is 0.122. The summed E-state index contributed by atoms with van der Waals surface area (Å²) in [6.07, 6.45) is 1.72. The third-order valence-corrected chi connectivity index (χ3v) is 4.25. The first kappa shape index (κ1) is 15.3. The van der Waals surface area contributed by atoms with Gasteiger partial charge in [-0.15, -0.1) is 0 Å². The molecule has 0 spiro atoms. The molecule has 1 fully saturated rings. The van der Waals surface area contributed by atoms with Gasteiger partial charge in [0.15, 0.2) is 0 Å². The molecule has 0 bridgehead atoms. The van der Waals surface area contributed by atoms with E-state index in [-0.39, 0.29) is 5.95 Å². The second-order valence-electron chi connectivity index (χ2n) is 5.00. The van der Waals surface area contributed by atoms with Crippen LogP contribution in [-0.2, 0) is 9.16 Å². The number of rotatable bonds is 3. The van der Waals surface area contributed by atoms with Crippen molar-refractivity contribution >= 4 is 34.5 Å². The van der Waals surface area contributed by atoms with Crippen molar-refractivity contribution in [2.45, 2.75) is 11.4 Å². The van der Waals surface area contributed by atoms with Crippen molar-refractivity contribution in [3.05, 3.63) is 23.7 Å². The fourth-order valence-corrected chi connectivity index (χ4v) is 2.72. The van der Waals surface area contributed by atoms with E-state index in [2.05, 4.69) is 42.4 Å². The maximum Gasteiger partial charge on any atom is 0.226 e. The van der Waals surface area contributed by atoms with Crippen LogP contribution in [0.4, 0.5) is 11.9 Å². The SMILES string of the molecule is Cc1nc(N)ncc1-c1cc(CI)nc(N2CCOCC2)n1. The number of ether oxygens (including phenoxy) is 1. The van der Waals surface area contributed by atoms with Gasteiger partial charge in [-0.3, -0.25) is 0 Å². The first-order chi connectivity index (χ1) is 10.7. The van der Waals surface area contributed by atoms with E-state index in [1.165, 1.54) is 0 Å². The molecule has 2 aromatic rings. The fraction of sp³-hybridized carbons (Fsp3) is 0.429. The van der Waals surface area contributed by atoms with Crippen molar-refractivity contribution in [2.75, 3.05) is 36.9 Å². The second-order valence-corrected chi connectivity index (χ2v) is 5.77. The molecule has 1 aliphatic heterocycles. The monoisotopic (exact) mass is 412 g/mol. The summed E-state index contributed by atoms with van der Waals surface area (Å²) >= 11 is 2.31. The van der Waals surface area contributed by atoms with Crippen LogP contribution in [0.1, 0.15) is 11.4 Å². The summed E-state index contributed by atoms with van der Waals surface area (Å²) in [6.45, 7) is 4.94. The number of alkyl halides is 1. The fourth-order valence-electron chi connectivity index (χ4n) is 2.33. The van der Waals surface area contributed by atoms with Gasteiger partial charge in [-0.1, -0.05) is 22.6 Å². The van der Waals surface area contributed by atoms with Crippen LogP contribution in [0.3, 0.4) is 0 Å². The van der Waals surface area contributed by atoms with E-state index in [0.29, 0.717) is 13.2 Å². The molecule has 0 radical (unpaired) electrons. The number of nitrogens with zero attached hydrogens (tertiary/aromatic N) is 5. The number of aryl methyl sites for hydroxylation is 1. The largest absolute Gasteiger partial charge is 0.378 e. The first-order valence-corrected chi connectivity index (χ1v) is 8.56. The molecule has 2 N–H and O–H groups in total. The molecular formula is C14H17IN6O. The van der Waals surface area contributed by atoms with Gasteiger partial charge in [0.05, 0.1) is 30.3 Å². The highest BCUT2D eigenvalue weighted by Gasteiger charge is 2.17. The van der Waals surface area contributed by atoms with Crippen molar-refractivity contribution in [2.24, 2.45) is 0 Å². The zero-order valence-corrected chi connectivity index (χ0v) is 14.4. The van der Waals surface area contributed by atoms with Gasteiger partial charge in [0.2, 0.25) is 11.9 Å². The minimum atomic E-state index is 0.276. The maximum absolute atomic E-state index is 5.63. The molecule has 116 valence electrons. The lowest BCUT2D eigenvalue weighted by atomic mass is 10.1. The van der Waals surface area contributed by atoms with Crippen LogP contribution < -0.4 is 10.6 Å². The van der Waals surface area contributed by atoms with E-state index >= 15 is 0 Å². The Kier molecular flexibility index (Phi) is 4.67. The Morgan fingerprint density at radius 2 is 2.05 bits per heavy atom. The molecule has 3 heterocycles. The molecule has 1 saturated heterocycles. The molecule has 22 heavy (non-hydrogen) atoms. The van der Waals surface area contributed by atoms with Crippen LogP contribution in [0, 0.1) is 6.92 Å². The van der Waals surface area contributed by atoms with Crippen LogP contribution in [0.5, 0.6) is 0 Å². The molecule has 7 nitrogen and oxygen atoms in total. The number of hydrogen-bond acceptors (Lipinski definition) is 7. The van der Waals surface area contributed by atoms with E-state index in [9.17, 15) is 0 Å². The van der Waals surface area contributed by atoms with E-state index in [0.717, 1.165) is 46.1 Å². The Bertz CT molecular complexity index is 674. The third-order valence-electron chi connectivity index (χ3n) is 3.47. The maximum atomic E-state index is 5.63. The molecular weight excluding hydrogens is 395 g/mol. The Morgan fingerprint density at radius 3 is 2.73 bits per heavy atom.